The molecule has 3 N–H and O–H groups in total. The first-order chi connectivity index (χ1) is 15.0. The summed E-state index contributed by atoms with van der Waals surface area (Å²) in [4.78, 5) is 24.2. The van der Waals surface area contributed by atoms with Crippen LogP contribution in [0.15, 0.2) is 72.8 Å². The van der Waals surface area contributed by atoms with Crippen LogP contribution in [0.25, 0.3) is 11.1 Å². The third-order valence-electron chi connectivity index (χ3n) is 5.66. The number of esters is 1. The van der Waals surface area contributed by atoms with Crippen molar-refractivity contribution in [3.05, 3.63) is 95.3 Å². The highest BCUT2D eigenvalue weighted by Gasteiger charge is 2.33. The van der Waals surface area contributed by atoms with E-state index in [-0.39, 0.29) is 12.5 Å². The number of halogens is 1. The van der Waals surface area contributed by atoms with Crippen LogP contribution < -0.4 is 5.73 Å². The van der Waals surface area contributed by atoms with Crippen LogP contribution in [0, 0.1) is 5.82 Å². The largest absolute Gasteiger partial charge is 0.481 e. The fourth-order valence-corrected chi connectivity index (χ4v) is 4.27. The van der Waals surface area contributed by atoms with Gasteiger partial charge >= 0.3 is 11.9 Å². The molecule has 2 atom stereocenters. The minimum atomic E-state index is -1.14. The summed E-state index contributed by atoms with van der Waals surface area (Å²) in [5.41, 5.74) is 10.7. The highest BCUT2D eigenvalue weighted by atomic mass is 19.1. The Labute approximate surface area is 179 Å². The van der Waals surface area contributed by atoms with Gasteiger partial charge in [0.25, 0.3) is 0 Å². The molecule has 0 saturated carbocycles. The fourth-order valence-electron chi connectivity index (χ4n) is 4.27. The highest BCUT2D eigenvalue weighted by Crippen LogP contribution is 2.44. The fraction of sp³-hybridized carbons (Fsp3) is 0.200. The summed E-state index contributed by atoms with van der Waals surface area (Å²) in [6.07, 6.45) is -0.439. The number of aliphatic carboxylic acids is 1. The van der Waals surface area contributed by atoms with Gasteiger partial charge in [-0.25, -0.2) is 4.39 Å². The molecule has 6 heteroatoms. The molecular weight excluding hydrogens is 397 g/mol. The summed E-state index contributed by atoms with van der Waals surface area (Å²) in [6, 6.07) is 20.3. The number of carbonyl (C=O) groups excluding carboxylic acids is 1. The number of carbonyl (C=O) groups is 2. The van der Waals surface area contributed by atoms with Gasteiger partial charge in [0.05, 0.1) is 12.3 Å². The zero-order chi connectivity index (χ0) is 22.0. The number of carboxylic acid groups (broad SMARTS) is 1. The first-order valence-corrected chi connectivity index (χ1v) is 10.0. The molecule has 0 aromatic heterocycles. The van der Waals surface area contributed by atoms with E-state index in [0.717, 1.165) is 22.3 Å². The Morgan fingerprint density at radius 3 is 2.16 bits per heavy atom. The van der Waals surface area contributed by atoms with Gasteiger partial charge in [-0.2, -0.15) is 0 Å². The Hall–Kier alpha value is -3.51. The lowest BCUT2D eigenvalue weighted by molar-refractivity contribution is -0.146. The lowest BCUT2D eigenvalue weighted by Gasteiger charge is -2.23. The van der Waals surface area contributed by atoms with Crippen molar-refractivity contribution in [1.29, 1.82) is 0 Å². The molecule has 0 fully saturated rings. The van der Waals surface area contributed by atoms with Gasteiger partial charge in [0.2, 0.25) is 0 Å². The Bertz CT molecular complexity index is 1080. The molecule has 1 aliphatic rings. The van der Waals surface area contributed by atoms with Crippen LogP contribution in [0.4, 0.5) is 4.39 Å². The third kappa shape index (κ3) is 4.20. The van der Waals surface area contributed by atoms with Crippen LogP contribution in [-0.4, -0.2) is 29.7 Å². The van der Waals surface area contributed by atoms with E-state index in [9.17, 15) is 14.0 Å². The molecule has 1 aliphatic carbocycles. The summed E-state index contributed by atoms with van der Waals surface area (Å²) in [6.45, 7) is 0.0818. The van der Waals surface area contributed by atoms with Crippen molar-refractivity contribution in [2.45, 2.75) is 24.3 Å². The number of ether oxygens (including phenoxy) is 1. The van der Waals surface area contributed by atoms with Crippen molar-refractivity contribution in [3.8, 4) is 11.1 Å². The number of fused-ring (bicyclic) bond motifs is 3. The highest BCUT2D eigenvalue weighted by molar-refractivity contribution is 5.82. The van der Waals surface area contributed by atoms with E-state index in [0.29, 0.717) is 5.56 Å². The summed E-state index contributed by atoms with van der Waals surface area (Å²) in [5.74, 6) is -3.56. The summed E-state index contributed by atoms with van der Waals surface area (Å²) in [7, 11) is 0. The molecule has 0 saturated heterocycles. The Morgan fingerprint density at radius 1 is 0.968 bits per heavy atom. The van der Waals surface area contributed by atoms with E-state index in [1.54, 1.807) is 6.07 Å². The maximum absolute atomic E-state index is 13.8. The molecule has 0 aliphatic heterocycles. The van der Waals surface area contributed by atoms with Gasteiger partial charge in [-0.15, -0.1) is 0 Å². The molecule has 31 heavy (non-hydrogen) atoms. The Kier molecular flexibility index (Phi) is 5.82. The molecular formula is C25H22FNO4. The molecule has 158 valence electrons. The first-order valence-electron chi connectivity index (χ1n) is 10.0. The van der Waals surface area contributed by atoms with Gasteiger partial charge < -0.3 is 15.6 Å². The predicted molar refractivity (Wildman–Crippen MR) is 114 cm³/mol. The summed E-state index contributed by atoms with van der Waals surface area (Å²) < 4.78 is 19.4. The van der Waals surface area contributed by atoms with Gasteiger partial charge in [0.15, 0.2) is 0 Å². The van der Waals surface area contributed by atoms with Crippen molar-refractivity contribution in [2.24, 2.45) is 5.73 Å². The molecule has 0 radical (unpaired) electrons. The second-order valence-corrected chi connectivity index (χ2v) is 7.65. The van der Waals surface area contributed by atoms with Crippen LogP contribution in [-0.2, 0) is 14.3 Å². The number of hydrogen-bond acceptors (Lipinski definition) is 4. The molecule has 0 amide bonds. The van der Waals surface area contributed by atoms with Crippen molar-refractivity contribution in [3.63, 3.8) is 0 Å². The number of carboxylic acids is 1. The monoisotopic (exact) mass is 419 g/mol. The van der Waals surface area contributed by atoms with Gasteiger partial charge in [-0.3, -0.25) is 9.59 Å². The topological polar surface area (TPSA) is 89.6 Å². The smallest absolute Gasteiger partial charge is 0.315 e. The number of nitrogens with two attached hydrogens (primary N) is 1. The zero-order valence-electron chi connectivity index (χ0n) is 16.7. The molecule has 0 heterocycles. The molecule has 3 aromatic carbocycles. The van der Waals surface area contributed by atoms with Crippen LogP contribution in [0.1, 0.15) is 34.9 Å². The van der Waals surface area contributed by atoms with Crippen LogP contribution in [0.5, 0.6) is 0 Å². The van der Waals surface area contributed by atoms with E-state index in [1.165, 1.54) is 18.2 Å². The van der Waals surface area contributed by atoms with E-state index >= 15 is 0 Å². The third-order valence-corrected chi connectivity index (χ3v) is 5.66. The molecule has 0 spiro atoms. The number of hydrogen-bond donors (Lipinski definition) is 2. The molecule has 5 nitrogen and oxygen atoms in total. The minimum Gasteiger partial charge on any atom is -0.481 e. The van der Waals surface area contributed by atoms with Gasteiger partial charge in [-0.1, -0.05) is 60.7 Å². The van der Waals surface area contributed by atoms with Crippen molar-refractivity contribution >= 4 is 11.9 Å². The van der Waals surface area contributed by atoms with Gasteiger partial charge in [-0.05, 0) is 39.9 Å². The van der Waals surface area contributed by atoms with Crippen LogP contribution in [0.3, 0.4) is 0 Å². The van der Waals surface area contributed by atoms with Gasteiger partial charge in [0.1, 0.15) is 12.4 Å². The van der Waals surface area contributed by atoms with Gasteiger partial charge in [0, 0.05) is 12.0 Å². The minimum absolute atomic E-state index is 0.0818. The van der Waals surface area contributed by atoms with Crippen molar-refractivity contribution in [1.82, 2.24) is 0 Å². The standard InChI is InChI=1S/C25H22FNO4/c26-16-7-5-6-15(12-16)24(22(27)13-23(28)29)25(30)31-14-21-19-10-3-1-8-17(19)18-9-2-4-11-20(18)21/h1-12,21-22,24H,13-14,27H2,(H,28,29)/t22-,24-/m0/s1. The van der Waals surface area contributed by atoms with E-state index < -0.39 is 36.1 Å². The SMILES string of the molecule is N[C@@H](CC(=O)O)[C@@H](C(=O)OCC1c2ccccc2-c2ccccc21)c1cccc(F)c1. The molecule has 4 rings (SSSR count). The lowest BCUT2D eigenvalue weighted by atomic mass is 9.90. The predicted octanol–water partition coefficient (Wildman–Crippen LogP) is 4.07. The molecule has 0 unspecified atom stereocenters. The first kappa shape index (κ1) is 20.8. The maximum atomic E-state index is 13.8. The average molecular weight is 419 g/mol. The molecule has 0 bridgehead atoms. The number of rotatable bonds is 7. The Morgan fingerprint density at radius 2 is 1.58 bits per heavy atom. The zero-order valence-corrected chi connectivity index (χ0v) is 16.7. The summed E-state index contributed by atoms with van der Waals surface area (Å²) >= 11 is 0. The quantitative estimate of drug-likeness (QED) is 0.564. The summed E-state index contributed by atoms with van der Waals surface area (Å²) in [5, 5.41) is 9.13. The van der Waals surface area contributed by atoms with E-state index in [4.69, 9.17) is 15.6 Å². The Balaban J connectivity index is 1.59. The second-order valence-electron chi connectivity index (χ2n) is 7.65. The lowest BCUT2D eigenvalue weighted by Crippen LogP contribution is -2.37. The maximum Gasteiger partial charge on any atom is 0.315 e. The normalized spacial score (nSPS) is 14.4. The molecule has 3 aromatic rings. The average Bonchev–Trinajstić information content (AvgIpc) is 3.06. The van der Waals surface area contributed by atoms with E-state index in [1.807, 2.05) is 48.5 Å². The van der Waals surface area contributed by atoms with Crippen molar-refractivity contribution in [2.75, 3.05) is 6.61 Å². The van der Waals surface area contributed by atoms with Crippen molar-refractivity contribution < 1.29 is 23.8 Å². The van der Waals surface area contributed by atoms with Crippen LogP contribution >= 0.6 is 0 Å². The second kappa shape index (κ2) is 8.70. The number of benzene rings is 3. The van der Waals surface area contributed by atoms with E-state index in [2.05, 4.69) is 0 Å². The van der Waals surface area contributed by atoms with Crippen LogP contribution in [0.2, 0.25) is 0 Å².